The van der Waals surface area contributed by atoms with Gasteiger partial charge in [-0.3, -0.25) is 4.99 Å². The molecule has 0 aromatic heterocycles. The molecule has 1 heterocycles. The van der Waals surface area contributed by atoms with Crippen molar-refractivity contribution in [3.8, 4) is 0 Å². The van der Waals surface area contributed by atoms with Gasteiger partial charge in [-0.05, 0) is 92.4 Å². The Morgan fingerprint density at radius 3 is 2.62 bits per heavy atom. The van der Waals surface area contributed by atoms with E-state index in [0.29, 0.717) is 23.2 Å². The lowest BCUT2D eigenvalue weighted by molar-refractivity contribution is 0.0242. The van der Waals surface area contributed by atoms with E-state index in [1.165, 1.54) is 50.7 Å². The molecule has 0 aromatic rings. The smallest absolute Gasteiger partial charge is 0.0543 e. The average molecular weight is 398 g/mol. The predicted octanol–water partition coefficient (Wildman–Crippen LogP) is 6.74. The molecule has 0 unspecified atom stereocenters. The van der Waals surface area contributed by atoms with Crippen molar-refractivity contribution in [1.29, 1.82) is 0 Å². The van der Waals surface area contributed by atoms with Crippen LogP contribution in [0.15, 0.2) is 28.3 Å². The second kappa shape index (κ2) is 7.98. The number of aliphatic imine (C=N–C) groups is 1. The first-order chi connectivity index (χ1) is 13.8. The van der Waals surface area contributed by atoms with Crippen molar-refractivity contribution >= 4 is 5.71 Å². The first kappa shape index (κ1) is 21.3. The standard InChI is InChI=1S/C27H43NO/c1-18(2)7-6-8-19(3)23-13-16-28-25-22-10-9-20-17-21(29)11-14-26(20,4)24(22)12-15-27(23,25)5/h6,8,18-21,23,29H,7,9-17H2,1-5H3/b8-6+/t19-,20+,21+,23-,26+,27-/m1/s1. The number of allylic oxidation sites excluding steroid dienone is 4. The molecule has 1 fully saturated rings. The molecule has 4 aliphatic rings. The zero-order valence-electron chi connectivity index (χ0n) is 19.5. The van der Waals surface area contributed by atoms with Crippen LogP contribution in [0.3, 0.4) is 0 Å². The van der Waals surface area contributed by atoms with Crippen molar-refractivity contribution < 1.29 is 5.11 Å². The Balaban J connectivity index is 1.62. The third-order valence-electron chi connectivity index (χ3n) is 9.18. The lowest BCUT2D eigenvalue weighted by Gasteiger charge is -2.55. The molecule has 1 saturated carbocycles. The van der Waals surface area contributed by atoms with Crippen LogP contribution >= 0.6 is 0 Å². The molecule has 0 amide bonds. The second-order valence-corrected chi connectivity index (χ2v) is 11.5. The van der Waals surface area contributed by atoms with Gasteiger partial charge in [-0.1, -0.05) is 52.3 Å². The normalized spacial score (nSPS) is 41.1. The zero-order valence-corrected chi connectivity index (χ0v) is 19.5. The van der Waals surface area contributed by atoms with Gasteiger partial charge in [-0.15, -0.1) is 0 Å². The summed E-state index contributed by atoms with van der Waals surface area (Å²) in [4.78, 5) is 5.22. The topological polar surface area (TPSA) is 32.6 Å². The maximum Gasteiger partial charge on any atom is 0.0543 e. The summed E-state index contributed by atoms with van der Waals surface area (Å²) >= 11 is 0. The Kier molecular flexibility index (Phi) is 5.88. The molecule has 4 rings (SSSR count). The van der Waals surface area contributed by atoms with Gasteiger partial charge in [0.2, 0.25) is 0 Å². The van der Waals surface area contributed by atoms with Gasteiger partial charge in [0.1, 0.15) is 0 Å². The van der Waals surface area contributed by atoms with Crippen molar-refractivity contribution in [3.05, 3.63) is 23.3 Å². The molecule has 0 aromatic carbocycles. The molecule has 0 saturated heterocycles. The third-order valence-corrected chi connectivity index (χ3v) is 9.18. The fourth-order valence-corrected chi connectivity index (χ4v) is 7.38. The van der Waals surface area contributed by atoms with Crippen LogP contribution in [0, 0.1) is 34.5 Å². The van der Waals surface area contributed by atoms with E-state index in [1.54, 1.807) is 11.1 Å². The maximum absolute atomic E-state index is 10.2. The highest BCUT2D eigenvalue weighted by molar-refractivity contribution is 6.06. The summed E-state index contributed by atoms with van der Waals surface area (Å²) in [7, 11) is 0. The Hall–Kier alpha value is -0.890. The van der Waals surface area contributed by atoms with Crippen LogP contribution in [-0.4, -0.2) is 23.5 Å². The van der Waals surface area contributed by atoms with Gasteiger partial charge in [0, 0.05) is 17.7 Å². The lowest BCUT2D eigenvalue weighted by Crippen LogP contribution is -2.50. The highest BCUT2D eigenvalue weighted by Crippen LogP contribution is 2.60. The lowest BCUT2D eigenvalue weighted by atomic mass is 9.50. The van der Waals surface area contributed by atoms with Crippen molar-refractivity contribution in [2.24, 2.45) is 39.5 Å². The summed E-state index contributed by atoms with van der Waals surface area (Å²) in [6.07, 6.45) is 15.4. The second-order valence-electron chi connectivity index (χ2n) is 11.5. The monoisotopic (exact) mass is 397 g/mol. The van der Waals surface area contributed by atoms with Gasteiger partial charge in [0.05, 0.1) is 6.10 Å². The molecule has 2 nitrogen and oxygen atoms in total. The third kappa shape index (κ3) is 3.68. The Bertz CT molecular complexity index is 716. The molecule has 0 bridgehead atoms. The minimum absolute atomic E-state index is 0.0704. The maximum atomic E-state index is 10.2. The molecule has 162 valence electrons. The van der Waals surface area contributed by atoms with E-state index in [2.05, 4.69) is 46.8 Å². The summed E-state index contributed by atoms with van der Waals surface area (Å²) < 4.78 is 0. The number of hydrogen-bond acceptors (Lipinski definition) is 2. The molecule has 0 radical (unpaired) electrons. The highest BCUT2D eigenvalue weighted by Gasteiger charge is 2.52. The fourth-order valence-electron chi connectivity index (χ4n) is 7.38. The van der Waals surface area contributed by atoms with Crippen LogP contribution < -0.4 is 0 Å². The molecule has 29 heavy (non-hydrogen) atoms. The number of aliphatic hydroxyl groups is 1. The minimum Gasteiger partial charge on any atom is -0.393 e. The van der Waals surface area contributed by atoms with Gasteiger partial charge < -0.3 is 5.11 Å². The molecular formula is C27H43NO. The molecule has 1 N–H and O–H groups in total. The minimum atomic E-state index is -0.0704. The summed E-state index contributed by atoms with van der Waals surface area (Å²) in [6, 6.07) is 0. The first-order valence-electron chi connectivity index (χ1n) is 12.4. The van der Waals surface area contributed by atoms with Crippen molar-refractivity contribution in [2.75, 3.05) is 6.54 Å². The van der Waals surface area contributed by atoms with E-state index < -0.39 is 0 Å². The van der Waals surface area contributed by atoms with E-state index in [4.69, 9.17) is 4.99 Å². The molecule has 3 aliphatic carbocycles. The summed E-state index contributed by atoms with van der Waals surface area (Å²) in [5.41, 5.74) is 5.44. The van der Waals surface area contributed by atoms with Crippen molar-refractivity contribution in [2.45, 2.75) is 98.5 Å². The van der Waals surface area contributed by atoms with E-state index in [9.17, 15) is 5.11 Å². The van der Waals surface area contributed by atoms with E-state index in [0.717, 1.165) is 25.3 Å². The van der Waals surface area contributed by atoms with Crippen LogP contribution in [0.4, 0.5) is 0 Å². The van der Waals surface area contributed by atoms with Crippen molar-refractivity contribution in [3.63, 3.8) is 0 Å². The molecule has 2 heteroatoms. The number of nitrogens with zero attached hydrogens (tertiary/aromatic N) is 1. The Morgan fingerprint density at radius 2 is 1.86 bits per heavy atom. The fraction of sp³-hybridized carbons (Fsp3) is 0.815. The number of rotatable bonds is 4. The first-order valence-corrected chi connectivity index (χ1v) is 12.4. The molecule has 6 atom stereocenters. The average Bonchev–Trinajstić information content (AvgIpc) is 2.67. The molecular weight excluding hydrogens is 354 g/mol. The number of aliphatic hydroxyl groups excluding tert-OH is 1. The number of hydrogen-bond donors (Lipinski definition) is 1. The van der Waals surface area contributed by atoms with Gasteiger partial charge in [0.15, 0.2) is 0 Å². The largest absolute Gasteiger partial charge is 0.393 e. The van der Waals surface area contributed by atoms with Crippen LogP contribution in [0.5, 0.6) is 0 Å². The quantitative estimate of drug-likeness (QED) is 0.523. The summed E-state index contributed by atoms with van der Waals surface area (Å²) in [6.45, 7) is 13.1. The zero-order chi connectivity index (χ0) is 20.8. The van der Waals surface area contributed by atoms with Gasteiger partial charge in [-0.2, -0.15) is 0 Å². The van der Waals surface area contributed by atoms with E-state index in [1.807, 2.05) is 0 Å². The van der Waals surface area contributed by atoms with Crippen LogP contribution in [-0.2, 0) is 0 Å². The highest BCUT2D eigenvalue weighted by atomic mass is 16.3. The molecule has 1 aliphatic heterocycles. The van der Waals surface area contributed by atoms with Crippen LogP contribution in [0.2, 0.25) is 0 Å². The Labute approximate surface area is 179 Å². The number of fused-ring (bicyclic) bond motifs is 4. The van der Waals surface area contributed by atoms with Gasteiger partial charge in [-0.25, -0.2) is 0 Å². The SMILES string of the molecule is CC(C)C/C=C/[C@@H](C)[C@H]1CCN=C2C3=C(CC[C@@]21C)[C@@]1(C)CC[C@H](O)C[C@@H]1CC3. The van der Waals surface area contributed by atoms with Crippen LogP contribution in [0.25, 0.3) is 0 Å². The molecule has 0 spiro atoms. The summed E-state index contributed by atoms with van der Waals surface area (Å²) in [5, 5.41) is 10.2. The predicted molar refractivity (Wildman–Crippen MR) is 123 cm³/mol. The van der Waals surface area contributed by atoms with E-state index >= 15 is 0 Å². The van der Waals surface area contributed by atoms with Crippen LogP contribution in [0.1, 0.15) is 92.4 Å². The van der Waals surface area contributed by atoms with E-state index in [-0.39, 0.29) is 11.5 Å². The summed E-state index contributed by atoms with van der Waals surface area (Å²) in [5.74, 6) is 2.76. The van der Waals surface area contributed by atoms with Gasteiger partial charge in [0.25, 0.3) is 0 Å². The Morgan fingerprint density at radius 1 is 1.07 bits per heavy atom. The van der Waals surface area contributed by atoms with Crippen molar-refractivity contribution in [1.82, 2.24) is 0 Å². The van der Waals surface area contributed by atoms with Gasteiger partial charge >= 0.3 is 0 Å².